The molecule has 202 valence electrons. The fraction of sp³-hybridized carbons (Fsp3) is 1.00. The summed E-state index contributed by atoms with van der Waals surface area (Å²) in [6.45, 7) is 17.1. The van der Waals surface area contributed by atoms with Gasteiger partial charge < -0.3 is 10.6 Å². The molecule has 0 spiro atoms. The highest BCUT2D eigenvalue weighted by molar-refractivity contribution is 7.97. The molecule has 3 N–H and O–H groups in total. The molecule has 4 heteroatoms. The minimum atomic E-state index is 0.862. The molecule has 0 radical (unpaired) electrons. The summed E-state index contributed by atoms with van der Waals surface area (Å²) in [6, 6.07) is 0. The van der Waals surface area contributed by atoms with Gasteiger partial charge in [0.1, 0.15) is 0 Å². The summed E-state index contributed by atoms with van der Waals surface area (Å²) in [4.78, 5) is 0. The van der Waals surface area contributed by atoms with E-state index in [9.17, 15) is 0 Å². The average Bonchev–Trinajstić information content (AvgIpc) is 2.83. The molecule has 0 amide bonds. The zero-order valence-electron chi connectivity index (χ0n) is 23.7. The molecule has 1 unspecified atom stereocenters. The van der Waals surface area contributed by atoms with Crippen molar-refractivity contribution < 1.29 is 0 Å². The molecule has 0 aliphatic carbocycles. The van der Waals surface area contributed by atoms with Crippen LogP contribution in [0.1, 0.15) is 144 Å². The Hall–Kier alpha value is 0.230. The van der Waals surface area contributed by atoms with E-state index < -0.39 is 0 Å². The lowest BCUT2D eigenvalue weighted by Gasteiger charge is -2.09. The van der Waals surface area contributed by atoms with Crippen LogP contribution in [0.3, 0.4) is 0 Å². The van der Waals surface area contributed by atoms with E-state index >= 15 is 0 Å². The number of rotatable bonds is 26. The second-order valence-corrected chi connectivity index (χ2v) is 10.8. The summed E-state index contributed by atoms with van der Waals surface area (Å²) >= 11 is 1.92. The largest absolute Gasteiger partial charge is 0.317 e. The lowest BCUT2D eigenvalue weighted by molar-refractivity contribution is 0.482. The van der Waals surface area contributed by atoms with Crippen molar-refractivity contribution in [2.24, 2.45) is 5.92 Å². The third-order valence-electron chi connectivity index (χ3n) is 6.26. The Morgan fingerprint density at radius 1 is 0.515 bits per heavy atom. The lowest BCUT2D eigenvalue weighted by atomic mass is 10.1. The van der Waals surface area contributed by atoms with Gasteiger partial charge in [0.25, 0.3) is 0 Å². The fourth-order valence-corrected chi connectivity index (χ4v) is 4.37. The van der Waals surface area contributed by atoms with Crippen molar-refractivity contribution in [3.63, 3.8) is 0 Å². The summed E-state index contributed by atoms with van der Waals surface area (Å²) < 4.78 is 3.52. The zero-order valence-corrected chi connectivity index (χ0v) is 24.6. The van der Waals surface area contributed by atoms with Gasteiger partial charge in [0, 0.05) is 12.3 Å². The van der Waals surface area contributed by atoms with Crippen LogP contribution >= 0.6 is 11.9 Å². The predicted octanol–water partition coefficient (Wildman–Crippen LogP) is 8.74. The van der Waals surface area contributed by atoms with Gasteiger partial charge in [0.15, 0.2) is 0 Å². The molecule has 0 aromatic rings. The van der Waals surface area contributed by atoms with Crippen LogP contribution in [0.25, 0.3) is 0 Å². The van der Waals surface area contributed by atoms with Crippen LogP contribution in [0.5, 0.6) is 0 Å². The Labute approximate surface area is 215 Å². The van der Waals surface area contributed by atoms with E-state index in [-0.39, 0.29) is 0 Å². The van der Waals surface area contributed by atoms with Crippen LogP contribution in [0.15, 0.2) is 0 Å². The molecule has 3 nitrogen and oxygen atoms in total. The maximum absolute atomic E-state index is 3.55. The number of hydrogen-bond donors (Lipinski definition) is 3. The van der Waals surface area contributed by atoms with Gasteiger partial charge in [-0.05, 0) is 57.8 Å². The summed E-state index contributed by atoms with van der Waals surface area (Å²) in [7, 11) is 0. The third-order valence-corrected chi connectivity index (χ3v) is 7.16. The van der Waals surface area contributed by atoms with Gasteiger partial charge in [-0.2, -0.15) is 0 Å². The Bertz CT molecular complexity index is 313. The molecule has 0 aliphatic heterocycles. The van der Waals surface area contributed by atoms with E-state index in [0.717, 1.165) is 32.1 Å². The second kappa shape index (κ2) is 34.4. The first-order valence-electron chi connectivity index (χ1n) is 15.0. The molecule has 0 aromatic heterocycles. The molecule has 0 fully saturated rings. The summed E-state index contributed by atoms with van der Waals surface area (Å²) in [5.74, 6) is 2.13. The van der Waals surface area contributed by atoms with Gasteiger partial charge in [-0.25, -0.2) is 0 Å². The van der Waals surface area contributed by atoms with E-state index in [4.69, 9.17) is 0 Å². The average molecular weight is 488 g/mol. The van der Waals surface area contributed by atoms with Crippen molar-refractivity contribution in [2.45, 2.75) is 144 Å². The molecule has 0 saturated heterocycles. The van der Waals surface area contributed by atoms with E-state index in [0.29, 0.717) is 0 Å². The molecule has 1 atom stereocenters. The number of nitrogens with one attached hydrogen (secondary N) is 3. The molecule has 0 aliphatic rings. The maximum atomic E-state index is 3.55. The Morgan fingerprint density at radius 3 is 1.52 bits per heavy atom. The van der Waals surface area contributed by atoms with Crippen molar-refractivity contribution in [1.82, 2.24) is 15.4 Å². The van der Waals surface area contributed by atoms with Gasteiger partial charge in [-0.3, -0.25) is 4.72 Å². The highest BCUT2D eigenvalue weighted by Gasteiger charge is 1.97. The van der Waals surface area contributed by atoms with E-state index in [1.165, 1.54) is 121 Å². The maximum Gasteiger partial charge on any atom is 0.00786 e. The highest BCUT2D eigenvalue weighted by atomic mass is 32.2. The normalized spacial score (nSPS) is 11.9. The highest BCUT2D eigenvalue weighted by Crippen LogP contribution is 2.11. The van der Waals surface area contributed by atoms with E-state index in [2.05, 4.69) is 50.0 Å². The summed E-state index contributed by atoms with van der Waals surface area (Å²) in [5.41, 5.74) is 0. The standard InChI is InChI=1S/C24H53N3S.C5H12/c1-4-6-7-8-9-10-11-12-13-14-23-28-27-21-16-20-25-18-15-19-26-22-17-24(3)5-2;1-3-5-4-2/h24-27H,4-23H2,1-3H3;3-5H2,1-2H3. The number of hydrogen-bond acceptors (Lipinski definition) is 4. The molecule has 33 heavy (non-hydrogen) atoms. The van der Waals surface area contributed by atoms with Crippen LogP contribution in [0, 0.1) is 5.92 Å². The zero-order chi connectivity index (χ0) is 24.7. The van der Waals surface area contributed by atoms with Crippen molar-refractivity contribution >= 4 is 11.9 Å². The number of unbranched alkanes of at least 4 members (excludes halogenated alkanes) is 11. The van der Waals surface area contributed by atoms with Gasteiger partial charge in [0.2, 0.25) is 0 Å². The van der Waals surface area contributed by atoms with Crippen LogP contribution in [-0.2, 0) is 0 Å². The smallest absolute Gasteiger partial charge is 0.00786 e. The van der Waals surface area contributed by atoms with Gasteiger partial charge in [-0.15, -0.1) is 0 Å². The molecule has 0 rings (SSSR count). The Morgan fingerprint density at radius 2 is 1.00 bits per heavy atom. The van der Waals surface area contributed by atoms with Gasteiger partial charge in [0.05, 0.1) is 0 Å². The minimum absolute atomic E-state index is 0.862. The summed E-state index contributed by atoms with van der Waals surface area (Å²) in [5, 5.41) is 7.11. The molecule has 0 aromatic carbocycles. The molecular weight excluding hydrogens is 422 g/mol. The third kappa shape index (κ3) is 37.0. The van der Waals surface area contributed by atoms with Crippen LogP contribution in [0.4, 0.5) is 0 Å². The lowest BCUT2D eigenvalue weighted by Crippen LogP contribution is -2.25. The van der Waals surface area contributed by atoms with Crippen LogP contribution < -0.4 is 15.4 Å². The molecular formula is C29H65N3S. The fourth-order valence-electron chi connectivity index (χ4n) is 3.59. The summed E-state index contributed by atoms with van der Waals surface area (Å²) in [6.07, 6.45) is 23.4. The monoisotopic (exact) mass is 487 g/mol. The van der Waals surface area contributed by atoms with Crippen LogP contribution in [-0.4, -0.2) is 38.5 Å². The van der Waals surface area contributed by atoms with Crippen molar-refractivity contribution in [1.29, 1.82) is 0 Å². The Kier molecular flexibility index (Phi) is 36.9. The SMILES string of the molecule is CCCCC.CCCCCCCCCCCCSNCCCNCCCNCCC(C)CC. The first-order valence-corrected chi connectivity index (χ1v) is 16.0. The van der Waals surface area contributed by atoms with Gasteiger partial charge in [-0.1, -0.05) is 130 Å². The van der Waals surface area contributed by atoms with Crippen molar-refractivity contribution in [2.75, 3.05) is 38.5 Å². The first-order chi connectivity index (χ1) is 16.2. The van der Waals surface area contributed by atoms with Crippen molar-refractivity contribution in [3.05, 3.63) is 0 Å². The predicted molar refractivity (Wildman–Crippen MR) is 157 cm³/mol. The second-order valence-electron chi connectivity index (χ2n) is 9.79. The first kappa shape index (κ1) is 35.4. The minimum Gasteiger partial charge on any atom is -0.317 e. The quantitative estimate of drug-likeness (QED) is 0.0841. The van der Waals surface area contributed by atoms with E-state index in [1.54, 1.807) is 0 Å². The molecule has 0 heterocycles. The topological polar surface area (TPSA) is 36.1 Å². The Balaban J connectivity index is 0. The van der Waals surface area contributed by atoms with Gasteiger partial charge >= 0.3 is 0 Å². The van der Waals surface area contributed by atoms with E-state index in [1.807, 2.05) is 11.9 Å². The molecule has 0 saturated carbocycles. The molecule has 0 bridgehead atoms. The van der Waals surface area contributed by atoms with Crippen molar-refractivity contribution in [3.8, 4) is 0 Å². The van der Waals surface area contributed by atoms with Crippen LogP contribution in [0.2, 0.25) is 0 Å².